The Morgan fingerprint density at radius 3 is 2.54 bits per heavy atom. The van der Waals surface area contributed by atoms with Crippen LogP contribution in [-0.4, -0.2) is 28.6 Å². The standard InChI is InChI=1S/C27H22BrNO5S/c1-3-33-22-14-19(13-21(28)24(22)34-26(31)20-10-5-4-6-11-20)15-23-25(30)29(27(32)35-23)16-18-9-7-8-17(2)12-18/h4-15H,3,16H2,1-2H3/b23-15-. The molecule has 1 heterocycles. The quantitative estimate of drug-likeness (QED) is 0.187. The first-order chi connectivity index (χ1) is 16.9. The van der Waals surface area contributed by atoms with Crippen LogP contribution < -0.4 is 9.47 Å². The first-order valence-corrected chi connectivity index (χ1v) is 12.5. The molecule has 1 aliphatic heterocycles. The average Bonchev–Trinajstić information content (AvgIpc) is 3.09. The number of esters is 1. The molecule has 1 fully saturated rings. The molecule has 2 amide bonds. The third kappa shape index (κ3) is 5.83. The molecule has 0 aromatic heterocycles. The van der Waals surface area contributed by atoms with Crippen molar-refractivity contribution in [3.63, 3.8) is 0 Å². The fourth-order valence-electron chi connectivity index (χ4n) is 3.54. The van der Waals surface area contributed by atoms with Gasteiger partial charge in [0.2, 0.25) is 0 Å². The van der Waals surface area contributed by atoms with Gasteiger partial charge in [0.1, 0.15) is 0 Å². The van der Waals surface area contributed by atoms with Gasteiger partial charge in [0.05, 0.1) is 28.1 Å². The van der Waals surface area contributed by atoms with Crippen LogP contribution in [0.3, 0.4) is 0 Å². The number of amides is 2. The highest BCUT2D eigenvalue weighted by atomic mass is 79.9. The molecule has 4 rings (SSSR count). The predicted molar refractivity (Wildman–Crippen MR) is 139 cm³/mol. The SMILES string of the molecule is CCOc1cc(/C=C2\SC(=O)N(Cc3cccc(C)c3)C2=O)cc(Br)c1OC(=O)c1ccccc1. The van der Waals surface area contributed by atoms with Crippen LogP contribution in [-0.2, 0) is 11.3 Å². The van der Waals surface area contributed by atoms with Gasteiger partial charge in [-0.15, -0.1) is 0 Å². The smallest absolute Gasteiger partial charge is 0.343 e. The van der Waals surface area contributed by atoms with Crippen molar-refractivity contribution in [2.45, 2.75) is 20.4 Å². The maximum absolute atomic E-state index is 13.0. The summed E-state index contributed by atoms with van der Waals surface area (Å²) in [4.78, 5) is 39.7. The number of imide groups is 1. The summed E-state index contributed by atoms with van der Waals surface area (Å²) in [5.74, 6) is -0.283. The van der Waals surface area contributed by atoms with Gasteiger partial charge in [0.25, 0.3) is 11.1 Å². The van der Waals surface area contributed by atoms with E-state index in [0.717, 1.165) is 22.9 Å². The Kier molecular flexibility index (Phi) is 7.73. The summed E-state index contributed by atoms with van der Waals surface area (Å²) in [5.41, 5.74) is 2.99. The Morgan fingerprint density at radius 2 is 1.83 bits per heavy atom. The van der Waals surface area contributed by atoms with Crippen LogP contribution in [0.15, 0.2) is 76.1 Å². The predicted octanol–water partition coefficient (Wildman–Crippen LogP) is 6.61. The van der Waals surface area contributed by atoms with Crippen molar-refractivity contribution >= 4 is 50.9 Å². The van der Waals surface area contributed by atoms with Crippen molar-refractivity contribution in [1.29, 1.82) is 0 Å². The highest BCUT2D eigenvalue weighted by molar-refractivity contribution is 9.10. The molecule has 0 radical (unpaired) electrons. The molecule has 178 valence electrons. The molecule has 3 aromatic rings. The number of thioether (sulfide) groups is 1. The van der Waals surface area contributed by atoms with Gasteiger partial charge in [-0.2, -0.15) is 0 Å². The van der Waals surface area contributed by atoms with Gasteiger partial charge < -0.3 is 9.47 Å². The highest BCUT2D eigenvalue weighted by Gasteiger charge is 2.35. The van der Waals surface area contributed by atoms with Gasteiger partial charge in [-0.1, -0.05) is 48.0 Å². The first-order valence-electron chi connectivity index (χ1n) is 10.9. The summed E-state index contributed by atoms with van der Waals surface area (Å²) >= 11 is 4.35. The minimum absolute atomic E-state index is 0.214. The molecule has 8 heteroatoms. The van der Waals surface area contributed by atoms with Gasteiger partial charge in [0, 0.05) is 0 Å². The molecular weight excluding hydrogens is 530 g/mol. The number of nitrogens with zero attached hydrogens (tertiary/aromatic N) is 1. The van der Waals surface area contributed by atoms with Gasteiger partial charge in [-0.3, -0.25) is 14.5 Å². The van der Waals surface area contributed by atoms with E-state index in [2.05, 4.69) is 15.9 Å². The Labute approximate surface area is 216 Å². The lowest BCUT2D eigenvalue weighted by atomic mass is 10.1. The number of aryl methyl sites for hydroxylation is 1. The third-order valence-corrected chi connectivity index (χ3v) is 6.63. The van der Waals surface area contributed by atoms with E-state index in [9.17, 15) is 14.4 Å². The van der Waals surface area contributed by atoms with Crippen LogP contribution in [0.5, 0.6) is 11.5 Å². The van der Waals surface area contributed by atoms with Crippen LogP contribution in [0, 0.1) is 6.92 Å². The van der Waals surface area contributed by atoms with E-state index in [0.29, 0.717) is 32.9 Å². The Bertz CT molecular complexity index is 1320. The lowest BCUT2D eigenvalue weighted by Crippen LogP contribution is -2.27. The molecule has 1 saturated heterocycles. The van der Waals surface area contributed by atoms with E-state index in [1.807, 2.05) is 44.2 Å². The lowest BCUT2D eigenvalue weighted by Gasteiger charge is -2.14. The number of carbonyl (C=O) groups is 3. The minimum atomic E-state index is -0.516. The van der Waals surface area contributed by atoms with E-state index in [-0.39, 0.29) is 23.4 Å². The number of benzene rings is 3. The molecule has 0 N–H and O–H groups in total. The molecule has 0 bridgehead atoms. The van der Waals surface area contributed by atoms with Crippen LogP contribution in [0.4, 0.5) is 4.79 Å². The van der Waals surface area contributed by atoms with Gasteiger partial charge in [-0.05, 0) is 83.0 Å². The van der Waals surface area contributed by atoms with E-state index >= 15 is 0 Å². The summed E-state index contributed by atoms with van der Waals surface area (Å²) in [6.07, 6.45) is 1.64. The van der Waals surface area contributed by atoms with E-state index in [1.54, 1.807) is 42.5 Å². The molecule has 1 aliphatic rings. The summed E-state index contributed by atoms with van der Waals surface area (Å²) in [5, 5.41) is -0.319. The zero-order chi connectivity index (χ0) is 24.9. The average molecular weight is 552 g/mol. The number of hydrogen-bond donors (Lipinski definition) is 0. The van der Waals surface area contributed by atoms with Crippen LogP contribution >= 0.6 is 27.7 Å². The van der Waals surface area contributed by atoms with Crippen molar-refractivity contribution in [3.8, 4) is 11.5 Å². The second kappa shape index (κ2) is 10.9. The molecule has 3 aromatic carbocycles. The fraction of sp³-hybridized carbons (Fsp3) is 0.148. The van der Waals surface area contributed by atoms with E-state index < -0.39 is 5.97 Å². The zero-order valence-electron chi connectivity index (χ0n) is 19.1. The van der Waals surface area contributed by atoms with Crippen LogP contribution in [0.25, 0.3) is 6.08 Å². The van der Waals surface area contributed by atoms with Crippen LogP contribution in [0.1, 0.15) is 34.0 Å². The molecule has 35 heavy (non-hydrogen) atoms. The van der Waals surface area contributed by atoms with Gasteiger partial charge in [-0.25, -0.2) is 4.79 Å². The number of carbonyl (C=O) groups excluding carboxylic acids is 3. The maximum atomic E-state index is 13.0. The molecule has 0 unspecified atom stereocenters. The number of rotatable bonds is 7. The summed E-state index contributed by atoms with van der Waals surface area (Å²) in [6.45, 7) is 4.34. The number of hydrogen-bond acceptors (Lipinski definition) is 6. The molecule has 6 nitrogen and oxygen atoms in total. The van der Waals surface area contributed by atoms with Crippen molar-refractivity contribution in [3.05, 3.63) is 98.4 Å². The normalized spacial score (nSPS) is 14.5. The Morgan fingerprint density at radius 1 is 1.06 bits per heavy atom. The molecule has 0 saturated carbocycles. The molecule has 0 spiro atoms. The minimum Gasteiger partial charge on any atom is -0.490 e. The van der Waals surface area contributed by atoms with Crippen molar-refractivity contribution in [2.75, 3.05) is 6.61 Å². The molecule has 0 aliphatic carbocycles. The lowest BCUT2D eigenvalue weighted by molar-refractivity contribution is -0.123. The number of ether oxygens (including phenoxy) is 2. The second-order valence-electron chi connectivity index (χ2n) is 7.78. The Hall–Kier alpha value is -3.36. The van der Waals surface area contributed by atoms with E-state index in [1.165, 1.54) is 4.90 Å². The maximum Gasteiger partial charge on any atom is 0.343 e. The van der Waals surface area contributed by atoms with Crippen molar-refractivity contribution < 1.29 is 23.9 Å². The molecular formula is C27H22BrNO5S. The van der Waals surface area contributed by atoms with Crippen molar-refractivity contribution in [2.24, 2.45) is 0 Å². The third-order valence-electron chi connectivity index (χ3n) is 5.13. The zero-order valence-corrected chi connectivity index (χ0v) is 21.5. The van der Waals surface area contributed by atoms with Gasteiger partial charge >= 0.3 is 5.97 Å². The van der Waals surface area contributed by atoms with E-state index in [4.69, 9.17) is 9.47 Å². The topological polar surface area (TPSA) is 72.9 Å². The monoisotopic (exact) mass is 551 g/mol. The summed E-state index contributed by atoms with van der Waals surface area (Å²) < 4.78 is 11.8. The Balaban J connectivity index is 1.59. The first kappa shape index (κ1) is 24.8. The highest BCUT2D eigenvalue weighted by Crippen LogP contribution is 2.40. The number of halogens is 1. The van der Waals surface area contributed by atoms with Gasteiger partial charge in [0.15, 0.2) is 11.5 Å². The summed E-state index contributed by atoms with van der Waals surface area (Å²) in [7, 11) is 0. The largest absolute Gasteiger partial charge is 0.490 e. The summed E-state index contributed by atoms with van der Waals surface area (Å²) in [6, 6.07) is 19.7. The van der Waals surface area contributed by atoms with Crippen molar-refractivity contribution in [1.82, 2.24) is 4.90 Å². The van der Waals surface area contributed by atoms with Crippen LogP contribution in [0.2, 0.25) is 0 Å². The fourth-order valence-corrected chi connectivity index (χ4v) is 4.92. The second-order valence-corrected chi connectivity index (χ2v) is 9.62. The molecule has 0 atom stereocenters.